The molecule has 0 unspecified atom stereocenters. The number of fused-ring (bicyclic) bond motifs is 1. The minimum atomic E-state index is -0.357. The second-order valence-electron chi connectivity index (χ2n) is 5.04. The van der Waals surface area contributed by atoms with E-state index in [1.165, 1.54) is 7.11 Å². The van der Waals surface area contributed by atoms with E-state index in [2.05, 4.69) is 4.98 Å². The van der Waals surface area contributed by atoms with Gasteiger partial charge in [-0.25, -0.2) is 4.98 Å². The molecule has 0 aliphatic carbocycles. The predicted molar refractivity (Wildman–Crippen MR) is 92.5 cm³/mol. The van der Waals surface area contributed by atoms with Crippen LogP contribution in [-0.4, -0.2) is 22.6 Å². The molecule has 2 aromatic carbocycles. The van der Waals surface area contributed by atoms with Crippen molar-refractivity contribution in [3.8, 4) is 5.75 Å². The van der Waals surface area contributed by atoms with E-state index in [1.807, 2.05) is 24.3 Å². The van der Waals surface area contributed by atoms with E-state index in [1.54, 1.807) is 22.8 Å². The Morgan fingerprint density at radius 3 is 2.75 bits per heavy atom. The van der Waals surface area contributed by atoms with Crippen LogP contribution in [0.5, 0.6) is 5.75 Å². The van der Waals surface area contributed by atoms with E-state index in [4.69, 9.17) is 32.7 Å². The number of rotatable bonds is 5. The maximum absolute atomic E-state index is 11.7. The summed E-state index contributed by atoms with van der Waals surface area (Å²) in [5, 5.41) is 0.948. The van der Waals surface area contributed by atoms with Gasteiger partial charge in [-0.2, -0.15) is 0 Å². The van der Waals surface area contributed by atoms with Crippen molar-refractivity contribution in [3.63, 3.8) is 0 Å². The van der Waals surface area contributed by atoms with Gasteiger partial charge in [-0.15, -0.1) is 0 Å². The van der Waals surface area contributed by atoms with Crippen molar-refractivity contribution in [3.05, 3.63) is 58.3 Å². The number of esters is 1. The lowest BCUT2D eigenvalue weighted by molar-refractivity contribution is -0.141. The molecule has 3 rings (SSSR count). The molecular formula is C17H14Cl2N2O3. The number of carbonyl (C=O) groups is 1. The van der Waals surface area contributed by atoms with E-state index in [0.717, 1.165) is 11.0 Å². The fraction of sp³-hybridized carbons (Fsp3) is 0.176. The molecule has 24 heavy (non-hydrogen) atoms. The van der Waals surface area contributed by atoms with Crippen LogP contribution in [0.25, 0.3) is 11.0 Å². The number of hydrogen-bond donors (Lipinski definition) is 0. The van der Waals surface area contributed by atoms with Gasteiger partial charge in [0.15, 0.2) is 0 Å². The van der Waals surface area contributed by atoms with Gasteiger partial charge in [0.2, 0.25) is 0 Å². The molecule has 0 radical (unpaired) electrons. The molecular weight excluding hydrogens is 351 g/mol. The second-order valence-corrected chi connectivity index (χ2v) is 5.89. The van der Waals surface area contributed by atoms with Crippen LogP contribution in [0.1, 0.15) is 5.82 Å². The minimum absolute atomic E-state index is 0.0596. The van der Waals surface area contributed by atoms with Crippen molar-refractivity contribution in [1.29, 1.82) is 0 Å². The van der Waals surface area contributed by atoms with Crippen molar-refractivity contribution in [2.45, 2.75) is 13.2 Å². The standard InChI is InChI=1S/C17H14Cl2N2O3/c1-23-17(22)9-21-14-5-3-2-4-13(14)20-16(21)10-24-15-7-6-11(18)8-12(15)19/h2-8H,9-10H2,1H3. The van der Waals surface area contributed by atoms with Gasteiger partial charge in [0.25, 0.3) is 0 Å². The zero-order valence-electron chi connectivity index (χ0n) is 12.8. The third-order valence-corrected chi connectivity index (χ3v) is 4.03. The molecule has 3 aromatic rings. The molecule has 5 nitrogen and oxygen atoms in total. The van der Waals surface area contributed by atoms with Crippen molar-refractivity contribution < 1.29 is 14.3 Å². The first-order valence-electron chi connectivity index (χ1n) is 7.17. The number of hydrogen-bond acceptors (Lipinski definition) is 4. The fourth-order valence-electron chi connectivity index (χ4n) is 2.34. The fourth-order valence-corrected chi connectivity index (χ4v) is 2.80. The molecule has 0 saturated heterocycles. The number of ether oxygens (including phenoxy) is 2. The van der Waals surface area contributed by atoms with Crippen molar-refractivity contribution >= 4 is 40.2 Å². The van der Waals surface area contributed by atoms with Gasteiger partial charge >= 0.3 is 5.97 Å². The molecule has 0 amide bonds. The molecule has 1 aromatic heterocycles. The SMILES string of the molecule is COC(=O)Cn1c(COc2ccc(Cl)cc2Cl)nc2ccccc21. The number of benzene rings is 2. The highest BCUT2D eigenvalue weighted by molar-refractivity contribution is 6.35. The number of halogens is 2. The molecule has 0 fully saturated rings. The third kappa shape index (κ3) is 3.47. The van der Waals surface area contributed by atoms with Gasteiger partial charge in [0, 0.05) is 5.02 Å². The first-order valence-corrected chi connectivity index (χ1v) is 7.93. The summed E-state index contributed by atoms with van der Waals surface area (Å²) in [6.07, 6.45) is 0. The number of methoxy groups -OCH3 is 1. The number of nitrogens with zero attached hydrogens (tertiary/aromatic N) is 2. The highest BCUT2D eigenvalue weighted by Gasteiger charge is 2.15. The predicted octanol–water partition coefficient (Wildman–Crippen LogP) is 4.10. The maximum atomic E-state index is 11.7. The number of imidazole rings is 1. The number of para-hydroxylation sites is 2. The van der Waals surface area contributed by atoms with Gasteiger partial charge in [-0.3, -0.25) is 4.79 Å². The quantitative estimate of drug-likeness (QED) is 0.639. The van der Waals surface area contributed by atoms with Crippen LogP contribution in [0.15, 0.2) is 42.5 Å². The lowest BCUT2D eigenvalue weighted by Gasteiger charge is -2.10. The van der Waals surface area contributed by atoms with Crippen LogP contribution in [0, 0.1) is 0 Å². The zero-order valence-corrected chi connectivity index (χ0v) is 14.3. The van der Waals surface area contributed by atoms with Crippen LogP contribution in [-0.2, 0) is 22.7 Å². The largest absolute Gasteiger partial charge is 0.484 e. The second kappa shape index (κ2) is 7.11. The van der Waals surface area contributed by atoms with Gasteiger partial charge in [-0.05, 0) is 30.3 Å². The molecule has 0 aliphatic heterocycles. The van der Waals surface area contributed by atoms with Crippen molar-refractivity contribution in [1.82, 2.24) is 9.55 Å². The van der Waals surface area contributed by atoms with E-state index in [-0.39, 0.29) is 19.1 Å². The molecule has 124 valence electrons. The summed E-state index contributed by atoms with van der Waals surface area (Å²) in [6.45, 7) is 0.219. The lowest BCUT2D eigenvalue weighted by atomic mass is 10.3. The molecule has 0 aliphatic rings. The van der Waals surface area contributed by atoms with Crippen LogP contribution in [0.3, 0.4) is 0 Å². The minimum Gasteiger partial charge on any atom is -0.484 e. The summed E-state index contributed by atoms with van der Waals surface area (Å²) < 4.78 is 12.3. The van der Waals surface area contributed by atoms with E-state index < -0.39 is 0 Å². The Morgan fingerprint density at radius 2 is 2.00 bits per heavy atom. The topological polar surface area (TPSA) is 53.4 Å². The van der Waals surface area contributed by atoms with E-state index in [0.29, 0.717) is 21.6 Å². The lowest BCUT2D eigenvalue weighted by Crippen LogP contribution is -2.15. The summed E-state index contributed by atoms with van der Waals surface area (Å²) in [6, 6.07) is 12.5. The Bertz CT molecular complexity index is 893. The first-order chi connectivity index (χ1) is 11.6. The summed E-state index contributed by atoms with van der Waals surface area (Å²) >= 11 is 12.0. The van der Waals surface area contributed by atoms with Gasteiger partial charge in [0.05, 0.1) is 23.2 Å². The average Bonchev–Trinajstić information content (AvgIpc) is 2.92. The molecule has 0 bridgehead atoms. The molecule has 0 saturated carbocycles. The molecule has 0 N–H and O–H groups in total. The highest BCUT2D eigenvalue weighted by Crippen LogP contribution is 2.28. The van der Waals surface area contributed by atoms with Crippen LogP contribution >= 0.6 is 23.2 Å². The normalized spacial score (nSPS) is 10.8. The van der Waals surface area contributed by atoms with Crippen LogP contribution < -0.4 is 4.74 Å². The van der Waals surface area contributed by atoms with E-state index in [9.17, 15) is 4.79 Å². The Hall–Kier alpha value is -2.24. The third-order valence-electron chi connectivity index (χ3n) is 3.50. The Balaban J connectivity index is 1.90. The average molecular weight is 365 g/mol. The highest BCUT2D eigenvalue weighted by atomic mass is 35.5. The zero-order chi connectivity index (χ0) is 17.1. The van der Waals surface area contributed by atoms with E-state index >= 15 is 0 Å². The maximum Gasteiger partial charge on any atom is 0.325 e. The molecule has 7 heteroatoms. The molecule has 1 heterocycles. The van der Waals surface area contributed by atoms with Crippen LogP contribution in [0.2, 0.25) is 10.0 Å². The summed E-state index contributed by atoms with van der Waals surface area (Å²) in [5.41, 5.74) is 1.62. The number of carbonyl (C=O) groups excluding carboxylic acids is 1. The van der Waals surface area contributed by atoms with Crippen molar-refractivity contribution in [2.24, 2.45) is 0 Å². The smallest absolute Gasteiger partial charge is 0.325 e. The summed E-state index contributed by atoms with van der Waals surface area (Å²) in [5.74, 6) is 0.745. The summed E-state index contributed by atoms with van der Waals surface area (Å²) in [7, 11) is 1.35. The Morgan fingerprint density at radius 1 is 1.21 bits per heavy atom. The van der Waals surface area contributed by atoms with Crippen molar-refractivity contribution in [2.75, 3.05) is 7.11 Å². The Labute approximate surface area is 148 Å². The van der Waals surface area contributed by atoms with Gasteiger partial charge in [-0.1, -0.05) is 35.3 Å². The van der Waals surface area contributed by atoms with Crippen LogP contribution in [0.4, 0.5) is 0 Å². The number of aromatic nitrogens is 2. The molecule has 0 atom stereocenters. The first kappa shape index (κ1) is 16.6. The Kier molecular flexibility index (Phi) is 4.92. The summed E-state index contributed by atoms with van der Waals surface area (Å²) in [4.78, 5) is 16.2. The van der Waals surface area contributed by atoms with Gasteiger partial charge in [0.1, 0.15) is 24.7 Å². The molecule has 0 spiro atoms. The monoisotopic (exact) mass is 364 g/mol. The van der Waals surface area contributed by atoms with Gasteiger partial charge < -0.3 is 14.0 Å².